The van der Waals surface area contributed by atoms with E-state index in [0.29, 0.717) is 12.4 Å². The number of hydrogen-bond donors (Lipinski definition) is 1. The van der Waals surface area contributed by atoms with Crippen molar-refractivity contribution < 1.29 is 4.79 Å². The Bertz CT molecular complexity index is 622. The molecule has 0 saturated carbocycles. The van der Waals surface area contributed by atoms with Gasteiger partial charge in [-0.2, -0.15) is 5.10 Å². The fourth-order valence-corrected chi connectivity index (χ4v) is 1.89. The lowest BCUT2D eigenvalue weighted by Crippen LogP contribution is -2.33. The van der Waals surface area contributed by atoms with Gasteiger partial charge in [0, 0.05) is 23.8 Å². The Balaban J connectivity index is 2.04. The Labute approximate surface area is 117 Å². The van der Waals surface area contributed by atoms with Gasteiger partial charge in [-0.25, -0.2) is 4.98 Å². The van der Waals surface area contributed by atoms with Crippen LogP contribution in [0, 0.1) is 0 Å². The number of pyridine rings is 1. The van der Waals surface area contributed by atoms with Crippen molar-refractivity contribution in [3.63, 3.8) is 0 Å². The first-order valence-corrected chi connectivity index (χ1v) is 6.30. The summed E-state index contributed by atoms with van der Waals surface area (Å²) >= 11 is 3.26. The van der Waals surface area contributed by atoms with Gasteiger partial charge in [0.25, 0.3) is 5.56 Å². The summed E-state index contributed by atoms with van der Waals surface area (Å²) < 4.78 is 2.10. The molecule has 0 unspecified atom stereocenters. The molecule has 0 aliphatic rings. The average Bonchev–Trinajstić information content (AvgIpc) is 2.86. The van der Waals surface area contributed by atoms with E-state index in [4.69, 9.17) is 0 Å². The summed E-state index contributed by atoms with van der Waals surface area (Å²) in [4.78, 5) is 29.0. The molecule has 0 aliphatic carbocycles. The summed E-state index contributed by atoms with van der Waals surface area (Å²) in [5.74, 6) is 0.411. The molecule has 0 saturated heterocycles. The van der Waals surface area contributed by atoms with Crippen LogP contribution in [0.1, 0.15) is 5.82 Å². The molecule has 0 atom stereocenters. The molecule has 7 nitrogen and oxygen atoms in total. The zero-order chi connectivity index (χ0) is 13.8. The molecule has 2 rings (SSSR count). The van der Waals surface area contributed by atoms with E-state index < -0.39 is 0 Å². The SMILES string of the molecule is CN(Cc1ncn[nH]1)C(=O)Cn1cc(Br)ccc1=O. The maximum absolute atomic E-state index is 12.0. The van der Waals surface area contributed by atoms with Crippen LogP contribution in [0.4, 0.5) is 0 Å². The monoisotopic (exact) mass is 325 g/mol. The van der Waals surface area contributed by atoms with E-state index in [9.17, 15) is 9.59 Å². The van der Waals surface area contributed by atoms with Crippen LogP contribution in [-0.4, -0.2) is 37.6 Å². The summed E-state index contributed by atoms with van der Waals surface area (Å²) in [7, 11) is 1.65. The molecule has 0 fully saturated rings. The summed E-state index contributed by atoms with van der Waals surface area (Å²) in [6, 6.07) is 3.05. The van der Waals surface area contributed by atoms with E-state index in [1.54, 1.807) is 19.3 Å². The van der Waals surface area contributed by atoms with Crippen molar-refractivity contribution in [1.29, 1.82) is 0 Å². The number of hydrogen-bond acceptors (Lipinski definition) is 4. The second-order valence-corrected chi connectivity index (χ2v) is 4.91. The van der Waals surface area contributed by atoms with Crippen molar-refractivity contribution in [2.45, 2.75) is 13.1 Å². The van der Waals surface area contributed by atoms with Crippen LogP contribution in [0.2, 0.25) is 0 Å². The van der Waals surface area contributed by atoms with Crippen LogP contribution in [0.3, 0.4) is 0 Å². The van der Waals surface area contributed by atoms with Crippen molar-refractivity contribution in [3.8, 4) is 0 Å². The summed E-state index contributed by atoms with van der Waals surface area (Å²) in [6.45, 7) is 0.310. The van der Waals surface area contributed by atoms with Crippen LogP contribution in [0.15, 0.2) is 33.9 Å². The highest BCUT2D eigenvalue weighted by molar-refractivity contribution is 9.10. The fraction of sp³-hybridized carbons (Fsp3) is 0.273. The number of amides is 1. The van der Waals surface area contributed by atoms with E-state index in [1.807, 2.05) is 0 Å². The Hall–Kier alpha value is -1.96. The Morgan fingerprint density at radius 2 is 2.32 bits per heavy atom. The second kappa shape index (κ2) is 5.79. The van der Waals surface area contributed by atoms with Crippen LogP contribution in [-0.2, 0) is 17.9 Å². The number of carbonyl (C=O) groups excluding carboxylic acids is 1. The van der Waals surface area contributed by atoms with Gasteiger partial charge in [-0.1, -0.05) is 0 Å². The molecule has 2 aromatic heterocycles. The minimum Gasteiger partial charge on any atom is -0.337 e. The molecule has 2 heterocycles. The third-order valence-corrected chi connectivity index (χ3v) is 3.00. The van der Waals surface area contributed by atoms with Crippen LogP contribution in [0.5, 0.6) is 0 Å². The third-order valence-electron chi connectivity index (χ3n) is 2.53. The van der Waals surface area contributed by atoms with E-state index in [1.165, 1.54) is 21.9 Å². The first-order chi connectivity index (χ1) is 9.06. The quantitative estimate of drug-likeness (QED) is 0.881. The van der Waals surface area contributed by atoms with Gasteiger partial charge in [0.15, 0.2) is 0 Å². The molecule has 1 amide bonds. The molecule has 0 spiro atoms. The van der Waals surface area contributed by atoms with Gasteiger partial charge in [0.2, 0.25) is 5.91 Å². The number of likely N-dealkylation sites (N-methyl/N-ethyl adjacent to an activating group) is 1. The molecule has 0 aliphatic heterocycles. The Kier molecular flexibility index (Phi) is 4.10. The van der Waals surface area contributed by atoms with Crippen LogP contribution >= 0.6 is 15.9 Å². The maximum Gasteiger partial charge on any atom is 0.251 e. The lowest BCUT2D eigenvalue weighted by Gasteiger charge is -2.16. The van der Waals surface area contributed by atoms with Gasteiger partial charge in [0.1, 0.15) is 18.7 Å². The topological polar surface area (TPSA) is 83.9 Å². The zero-order valence-electron chi connectivity index (χ0n) is 10.2. The molecule has 2 aromatic rings. The van der Waals surface area contributed by atoms with Gasteiger partial charge in [0.05, 0.1) is 6.54 Å². The number of nitrogens with one attached hydrogen (secondary N) is 1. The molecule has 19 heavy (non-hydrogen) atoms. The Morgan fingerprint density at radius 3 is 3.00 bits per heavy atom. The van der Waals surface area contributed by atoms with Crippen molar-refractivity contribution in [3.05, 3.63) is 45.3 Å². The normalized spacial score (nSPS) is 10.4. The molecular formula is C11H12BrN5O2. The minimum absolute atomic E-state index is 0.0110. The van der Waals surface area contributed by atoms with Crippen molar-refractivity contribution >= 4 is 21.8 Å². The van der Waals surface area contributed by atoms with Gasteiger partial charge in [-0.15, -0.1) is 0 Å². The standard InChI is InChI=1S/C11H12BrN5O2/c1-16(5-9-13-7-14-15-9)11(19)6-17-4-8(12)2-3-10(17)18/h2-4,7H,5-6H2,1H3,(H,13,14,15). The van der Waals surface area contributed by atoms with E-state index in [-0.39, 0.29) is 18.0 Å². The summed E-state index contributed by atoms with van der Waals surface area (Å²) in [6.07, 6.45) is 2.97. The maximum atomic E-state index is 12.0. The molecule has 1 N–H and O–H groups in total. The molecule has 0 bridgehead atoms. The number of nitrogens with zero attached hydrogens (tertiary/aromatic N) is 4. The molecule has 100 valence electrons. The second-order valence-electron chi connectivity index (χ2n) is 4.00. The molecule has 8 heteroatoms. The minimum atomic E-state index is -0.218. The number of halogens is 1. The molecular weight excluding hydrogens is 314 g/mol. The van der Waals surface area contributed by atoms with Gasteiger partial charge < -0.3 is 9.47 Å². The van der Waals surface area contributed by atoms with Crippen LogP contribution < -0.4 is 5.56 Å². The van der Waals surface area contributed by atoms with E-state index in [0.717, 1.165) is 4.47 Å². The number of aromatic amines is 1. The number of aromatic nitrogens is 4. The fourth-order valence-electron chi connectivity index (χ4n) is 1.51. The molecule has 0 aromatic carbocycles. The third kappa shape index (κ3) is 3.50. The van der Waals surface area contributed by atoms with E-state index in [2.05, 4.69) is 31.1 Å². The summed E-state index contributed by atoms with van der Waals surface area (Å²) in [5.41, 5.74) is -0.218. The first-order valence-electron chi connectivity index (χ1n) is 5.50. The van der Waals surface area contributed by atoms with Gasteiger partial charge in [-0.05, 0) is 22.0 Å². The lowest BCUT2D eigenvalue weighted by molar-refractivity contribution is -0.131. The van der Waals surface area contributed by atoms with Crippen molar-refractivity contribution in [1.82, 2.24) is 24.6 Å². The Morgan fingerprint density at radius 1 is 1.53 bits per heavy atom. The van der Waals surface area contributed by atoms with Crippen molar-refractivity contribution in [2.24, 2.45) is 0 Å². The largest absolute Gasteiger partial charge is 0.337 e. The lowest BCUT2D eigenvalue weighted by atomic mass is 10.4. The number of rotatable bonds is 4. The smallest absolute Gasteiger partial charge is 0.251 e. The first kappa shape index (κ1) is 13.5. The summed E-state index contributed by atoms with van der Waals surface area (Å²) in [5, 5.41) is 6.39. The van der Waals surface area contributed by atoms with E-state index >= 15 is 0 Å². The zero-order valence-corrected chi connectivity index (χ0v) is 11.8. The van der Waals surface area contributed by atoms with Crippen molar-refractivity contribution in [2.75, 3.05) is 7.05 Å². The van der Waals surface area contributed by atoms with Gasteiger partial charge >= 0.3 is 0 Å². The highest BCUT2D eigenvalue weighted by atomic mass is 79.9. The number of H-pyrrole nitrogens is 1. The highest BCUT2D eigenvalue weighted by Crippen LogP contribution is 2.05. The molecule has 0 radical (unpaired) electrons. The predicted molar refractivity (Wildman–Crippen MR) is 71.3 cm³/mol. The average molecular weight is 326 g/mol. The van der Waals surface area contributed by atoms with Gasteiger partial charge in [-0.3, -0.25) is 14.7 Å². The highest BCUT2D eigenvalue weighted by Gasteiger charge is 2.12. The number of carbonyl (C=O) groups is 1. The van der Waals surface area contributed by atoms with Crippen LogP contribution in [0.25, 0.3) is 0 Å². The predicted octanol–water partition coefficient (Wildman–Crippen LogP) is 0.387.